The van der Waals surface area contributed by atoms with Crippen LogP contribution in [-0.4, -0.2) is 22.6 Å². The Morgan fingerprint density at radius 3 is 2.79 bits per heavy atom. The smallest absolute Gasteiger partial charge is 0.271 e. The number of carbonyl (C=O) groups excluding carboxylic acids is 1. The number of hydrogen-bond acceptors (Lipinski definition) is 5. The number of fused-ring (bicyclic) bond motifs is 3. The lowest BCUT2D eigenvalue weighted by Crippen LogP contribution is -2.31. The van der Waals surface area contributed by atoms with E-state index in [0.29, 0.717) is 26.8 Å². The number of thiophene rings is 1. The zero-order valence-electron chi connectivity index (χ0n) is 14.9. The molecule has 0 aliphatic carbocycles. The molecular formula is C20H16FN3O3S. The van der Waals surface area contributed by atoms with E-state index in [2.05, 4.69) is 10.3 Å². The summed E-state index contributed by atoms with van der Waals surface area (Å²) < 4.78 is 21.4. The zero-order valence-corrected chi connectivity index (χ0v) is 15.8. The van der Waals surface area contributed by atoms with E-state index in [4.69, 9.17) is 4.74 Å². The number of nitrogens with one attached hydrogen (secondary N) is 1. The molecule has 0 saturated heterocycles. The number of ether oxygens (including phenoxy) is 1. The molecule has 4 rings (SSSR count). The predicted octanol–water partition coefficient (Wildman–Crippen LogP) is 3.08. The highest BCUT2D eigenvalue weighted by molar-refractivity contribution is 7.25. The van der Waals surface area contributed by atoms with Crippen molar-refractivity contribution in [3.8, 4) is 5.75 Å². The van der Waals surface area contributed by atoms with Crippen molar-refractivity contribution in [3.63, 3.8) is 0 Å². The average Bonchev–Trinajstić information content (AvgIpc) is 3.10. The van der Waals surface area contributed by atoms with Crippen molar-refractivity contribution in [2.75, 3.05) is 7.11 Å². The van der Waals surface area contributed by atoms with Gasteiger partial charge in [-0.1, -0.05) is 18.2 Å². The first-order valence-electron chi connectivity index (χ1n) is 8.52. The molecule has 0 fully saturated rings. The number of hydrogen-bond donors (Lipinski definition) is 1. The Hall–Kier alpha value is -3.26. The molecule has 1 amide bonds. The molecule has 0 saturated carbocycles. The Labute approximate surface area is 163 Å². The number of halogens is 1. The largest absolute Gasteiger partial charge is 0.497 e. The van der Waals surface area contributed by atoms with Crippen molar-refractivity contribution in [2.45, 2.75) is 13.1 Å². The number of benzene rings is 2. The molecule has 8 heteroatoms. The van der Waals surface area contributed by atoms with Crippen LogP contribution < -0.4 is 15.6 Å². The van der Waals surface area contributed by atoms with Gasteiger partial charge < -0.3 is 10.1 Å². The van der Waals surface area contributed by atoms with Crippen molar-refractivity contribution in [2.24, 2.45) is 0 Å². The van der Waals surface area contributed by atoms with Gasteiger partial charge in [0, 0.05) is 11.2 Å². The van der Waals surface area contributed by atoms with E-state index in [0.717, 1.165) is 11.3 Å². The Morgan fingerprint density at radius 1 is 1.25 bits per heavy atom. The third-order valence-corrected chi connectivity index (χ3v) is 5.52. The molecule has 2 aromatic carbocycles. The lowest BCUT2D eigenvalue weighted by molar-refractivity contribution is -0.121. The van der Waals surface area contributed by atoms with Gasteiger partial charge in [-0.2, -0.15) is 0 Å². The standard InChI is InChI=1S/C20H16FN3O3S/c1-27-13-7-5-12(6-8-13)9-22-16(25)10-24-11-23-18-17-14(21)3-2-4-15(17)28-19(18)20(24)26/h2-8,11H,9-10H2,1H3,(H,22,25). The van der Waals surface area contributed by atoms with Crippen molar-refractivity contribution >= 4 is 37.5 Å². The Morgan fingerprint density at radius 2 is 2.04 bits per heavy atom. The summed E-state index contributed by atoms with van der Waals surface area (Å²) in [7, 11) is 1.59. The number of aromatic nitrogens is 2. The maximum absolute atomic E-state index is 14.1. The molecule has 0 aliphatic rings. The predicted molar refractivity (Wildman–Crippen MR) is 106 cm³/mol. The molecule has 0 spiro atoms. The van der Waals surface area contributed by atoms with Crippen LogP contribution in [0.25, 0.3) is 20.3 Å². The molecule has 0 radical (unpaired) electrons. The number of nitrogens with zero attached hydrogens (tertiary/aromatic N) is 2. The second-order valence-electron chi connectivity index (χ2n) is 6.20. The van der Waals surface area contributed by atoms with Gasteiger partial charge in [0.2, 0.25) is 5.91 Å². The minimum atomic E-state index is -0.411. The highest BCUT2D eigenvalue weighted by atomic mass is 32.1. The highest BCUT2D eigenvalue weighted by Crippen LogP contribution is 2.31. The number of carbonyl (C=O) groups is 1. The van der Waals surface area contributed by atoms with Crippen molar-refractivity contribution in [1.29, 1.82) is 0 Å². The molecule has 1 N–H and O–H groups in total. The van der Waals surface area contributed by atoms with Gasteiger partial charge >= 0.3 is 0 Å². The van der Waals surface area contributed by atoms with Crippen molar-refractivity contribution < 1.29 is 13.9 Å². The van der Waals surface area contributed by atoms with Crippen LogP contribution in [-0.2, 0) is 17.9 Å². The highest BCUT2D eigenvalue weighted by Gasteiger charge is 2.15. The topological polar surface area (TPSA) is 73.2 Å². The molecule has 142 valence electrons. The molecule has 6 nitrogen and oxygen atoms in total. The second-order valence-corrected chi connectivity index (χ2v) is 7.25. The summed E-state index contributed by atoms with van der Waals surface area (Å²) in [5.41, 5.74) is 0.887. The molecule has 2 heterocycles. The molecule has 28 heavy (non-hydrogen) atoms. The lowest BCUT2D eigenvalue weighted by atomic mass is 10.2. The summed E-state index contributed by atoms with van der Waals surface area (Å²) >= 11 is 1.18. The quantitative estimate of drug-likeness (QED) is 0.562. The minimum Gasteiger partial charge on any atom is -0.497 e. The first-order chi connectivity index (χ1) is 13.6. The molecule has 0 bridgehead atoms. The van der Waals surface area contributed by atoms with Crippen molar-refractivity contribution in [3.05, 3.63) is 70.5 Å². The third kappa shape index (κ3) is 3.34. The maximum atomic E-state index is 14.1. The second kappa shape index (κ2) is 7.40. The van der Waals surface area contributed by atoms with Gasteiger partial charge in [-0.3, -0.25) is 14.2 Å². The summed E-state index contributed by atoms with van der Waals surface area (Å²) in [6, 6.07) is 12.0. The van der Waals surface area contributed by atoms with Crippen LogP contribution >= 0.6 is 11.3 Å². The lowest BCUT2D eigenvalue weighted by Gasteiger charge is -2.08. The van der Waals surface area contributed by atoms with Gasteiger partial charge in [0.1, 0.15) is 22.8 Å². The Bertz CT molecular complexity index is 1230. The fourth-order valence-corrected chi connectivity index (χ4v) is 4.06. The van der Waals surface area contributed by atoms with Crippen LogP contribution in [0, 0.1) is 5.82 Å². The molecule has 0 aliphatic heterocycles. The first-order valence-corrected chi connectivity index (χ1v) is 9.34. The van der Waals surface area contributed by atoms with Gasteiger partial charge in [-0.25, -0.2) is 9.37 Å². The van der Waals surface area contributed by atoms with E-state index in [1.54, 1.807) is 19.2 Å². The molecule has 0 atom stereocenters. The van der Waals surface area contributed by atoms with Gasteiger partial charge in [-0.05, 0) is 29.8 Å². The van der Waals surface area contributed by atoms with Crippen LogP contribution in [0.3, 0.4) is 0 Å². The van der Waals surface area contributed by atoms with Gasteiger partial charge in [-0.15, -0.1) is 11.3 Å². The van der Waals surface area contributed by atoms with E-state index < -0.39 is 5.82 Å². The van der Waals surface area contributed by atoms with Gasteiger partial charge in [0.05, 0.1) is 24.3 Å². The van der Waals surface area contributed by atoms with Crippen molar-refractivity contribution in [1.82, 2.24) is 14.9 Å². The SMILES string of the molecule is COc1ccc(CNC(=O)Cn2cnc3c(sc4cccc(F)c43)c2=O)cc1. The van der Waals surface area contributed by atoms with E-state index in [-0.39, 0.29) is 18.0 Å². The maximum Gasteiger partial charge on any atom is 0.271 e. The molecule has 4 aromatic rings. The molecule has 2 aromatic heterocycles. The van der Waals surface area contributed by atoms with Gasteiger partial charge in [0.15, 0.2) is 0 Å². The van der Waals surface area contributed by atoms with Crippen LogP contribution in [0.4, 0.5) is 4.39 Å². The van der Waals surface area contributed by atoms with E-state index in [1.165, 1.54) is 28.3 Å². The monoisotopic (exact) mass is 397 g/mol. The summed E-state index contributed by atoms with van der Waals surface area (Å²) in [5.74, 6) is 0.0118. The van der Waals surface area contributed by atoms with Crippen LogP contribution in [0.2, 0.25) is 0 Å². The number of amides is 1. The van der Waals surface area contributed by atoms with Gasteiger partial charge in [0.25, 0.3) is 5.56 Å². The third-order valence-electron chi connectivity index (χ3n) is 4.38. The number of methoxy groups -OCH3 is 1. The minimum absolute atomic E-state index is 0.158. The first kappa shape index (κ1) is 18.1. The Kier molecular flexibility index (Phi) is 4.79. The van der Waals surface area contributed by atoms with Crippen LogP contribution in [0.1, 0.15) is 5.56 Å². The summed E-state index contributed by atoms with van der Waals surface area (Å²) in [6.45, 7) is 0.177. The van der Waals surface area contributed by atoms with E-state index >= 15 is 0 Å². The molecular weight excluding hydrogens is 381 g/mol. The van der Waals surface area contributed by atoms with Crippen LogP contribution in [0.5, 0.6) is 5.75 Å². The average molecular weight is 397 g/mol. The number of rotatable bonds is 5. The van der Waals surface area contributed by atoms with E-state index in [9.17, 15) is 14.0 Å². The van der Waals surface area contributed by atoms with Crippen LogP contribution in [0.15, 0.2) is 53.6 Å². The normalized spacial score (nSPS) is 11.1. The fourth-order valence-electron chi connectivity index (χ4n) is 2.94. The summed E-state index contributed by atoms with van der Waals surface area (Å²) in [5, 5.41) is 3.12. The molecule has 0 unspecified atom stereocenters. The van der Waals surface area contributed by atoms with E-state index in [1.807, 2.05) is 24.3 Å². The summed E-state index contributed by atoms with van der Waals surface area (Å²) in [4.78, 5) is 29.2. The summed E-state index contributed by atoms with van der Waals surface area (Å²) in [6.07, 6.45) is 1.29. The fraction of sp³-hybridized carbons (Fsp3) is 0.150. The Balaban J connectivity index is 1.53. The zero-order chi connectivity index (χ0) is 19.7.